The Morgan fingerprint density at radius 2 is 1.68 bits per heavy atom. The SMILES string of the molecule is COc1ccccc1CNC(c1ccccc1OC)c1nccn1C. The highest BCUT2D eigenvalue weighted by atomic mass is 16.5. The summed E-state index contributed by atoms with van der Waals surface area (Å²) < 4.78 is 13.0. The van der Waals surface area contributed by atoms with E-state index >= 15 is 0 Å². The summed E-state index contributed by atoms with van der Waals surface area (Å²) in [5.74, 6) is 2.64. The van der Waals surface area contributed by atoms with Crippen molar-refractivity contribution in [2.24, 2.45) is 7.05 Å². The largest absolute Gasteiger partial charge is 0.496 e. The van der Waals surface area contributed by atoms with Crippen molar-refractivity contribution in [2.75, 3.05) is 14.2 Å². The van der Waals surface area contributed by atoms with Crippen LogP contribution in [0.25, 0.3) is 0 Å². The molecule has 1 atom stereocenters. The highest BCUT2D eigenvalue weighted by molar-refractivity contribution is 5.39. The van der Waals surface area contributed by atoms with Crippen LogP contribution in [0, 0.1) is 0 Å². The lowest BCUT2D eigenvalue weighted by Crippen LogP contribution is -2.25. The van der Waals surface area contributed by atoms with E-state index in [0.717, 1.165) is 28.5 Å². The molecule has 1 aromatic heterocycles. The van der Waals surface area contributed by atoms with Gasteiger partial charge in [0, 0.05) is 37.1 Å². The molecule has 0 aliphatic heterocycles. The summed E-state index contributed by atoms with van der Waals surface area (Å²) in [6.07, 6.45) is 3.76. The van der Waals surface area contributed by atoms with Gasteiger partial charge in [-0.05, 0) is 12.1 Å². The van der Waals surface area contributed by atoms with Crippen molar-refractivity contribution < 1.29 is 9.47 Å². The maximum Gasteiger partial charge on any atom is 0.130 e. The Bertz CT molecular complexity index is 829. The van der Waals surface area contributed by atoms with Crippen molar-refractivity contribution in [1.29, 1.82) is 0 Å². The lowest BCUT2D eigenvalue weighted by Gasteiger charge is -2.22. The summed E-state index contributed by atoms with van der Waals surface area (Å²) in [5, 5.41) is 3.60. The molecule has 25 heavy (non-hydrogen) atoms. The van der Waals surface area contributed by atoms with Crippen LogP contribution in [0.1, 0.15) is 23.0 Å². The summed E-state index contributed by atoms with van der Waals surface area (Å²) in [6, 6.07) is 15.9. The quantitative estimate of drug-likeness (QED) is 0.718. The van der Waals surface area contributed by atoms with Crippen LogP contribution in [0.3, 0.4) is 0 Å². The number of aromatic nitrogens is 2. The molecule has 0 saturated carbocycles. The van der Waals surface area contributed by atoms with Crippen LogP contribution in [-0.4, -0.2) is 23.8 Å². The first kappa shape index (κ1) is 17.0. The number of rotatable bonds is 7. The lowest BCUT2D eigenvalue weighted by atomic mass is 10.0. The zero-order valence-electron chi connectivity index (χ0n) is 14.8. The molecule has 0 aliphatic carbocycles. The van der Waals surface area contributed by atoms with E-state index in [4.69, 9.17) is 9.47 Å². The fourth-order valence-electron chi connectivity index (χ4n) is 2.96. The molecular weight excluding hydrogens is 314 g/mol. The van der Waals surface area contributed by atoms with Gasteiger partial charge in [0.2, 0.25) is 0 Å². The van der Waals surface area contributed by atoms with Gasteiger partial charge in [0.05, 0.1) is 20.3 Å². The number of hydrogen-bond donors (Lipinski definition) is 1. The van der Waals surface area contributed by atoms with E-state index in [0.29, 0.717) is 6.54 Å². The Hall–Kier alpha value is -2.79. The van der Waals surface area contributed by atoms with E-state index in [1.54, 1.807) is 14.2 Å². The predicted molar refractivity (Wildman–Crippen MR) is 97.9 cm³/mol. The first-order chi connectivity index (χ1) is 12.2. The predicted octanol–water partition coefficient (Wildman–Crippen LogP) is 3.32. The maximum atomic E-state index is 5.56. The van der Waals surface area contributed by atoms with Gasteiger partial charge < -0.3 is 14.0 Å². The Labute approximate surface area is 148 Å². The fourth-order valence-corrected chi connectivity index (χ4v) is 2.96. The molecule has 2 aromatic carbocycles. The molecule has 0 radical (unpaired) electrons. The first-order valence-electron chi connectivity index (χ1n) is 8.20. The van der Waals surface area contributed by atoms with E-state index in [-0.39, 0.29) is 6.04 Å². The molecule has 3 aromatic rings. The Kier molecular flexibility index (Phi) is 5.36. The van der Waals surface area contributed by atoms with Gasteiger partial charge in [-0.15, -0.1) is 0 Å². The van der Waals surface area contributed by atoms with Gasteiger partial charge in [0.1, 0.15) is 17.3 Å². The van der Waals surface area contributed by atoms with E-state index in [9.17, 15) is 0 Å². The molecule has 1 unspecified atom stereocenters. The second-order valence-corrected chi connectivity index (χ2v) is 5.76. The molecular formula is C20H23N3O2. The second kappa shape index (κ2) is 7.85. The maximum absolute atomic E-state index is 5.56. The molecule has 0 aliphatic rings. The standard InChI is InChI=1S/C20H23N3O2/c1-23-13-12-21-20(23)19(16-9-5-7-11-18(16)25-3)22-14-15-8-4-6-10-17(15)24-2/h4-13,19,22H,14H2,1-3H3. The number of hydrogen-bond acceptors (Lipinski definition) is 4. The summed E-state index contributed by atoms with van der Waals surface area (Å²) in [6.45, 7) is 0.652. The molecule has 1 N–H and O–H groups in total. The molecule has 0 amide bonds. The van der Waals surface area contributed by atoms with Crippen molar-refractivity contribution in [2.45, 2.75) is 12.6 Å². The smallest absolute Gasteiger partial charge is 0.130 e. The summed E-state index contributed by atoms with van der Waals surface area (Å²) in [7, 11) is 5.37. The lowest BCUT2D eigenvalue weighted by molar-refractivity contribution is 0.397. The molecule has 1 heterocycles. The Morgan fingerprint density at radius 3 is 2.36 bits per heavy atom. The molecule has 3 rings (SSSR count). The van der Waals surface area contributed by atoms with Crippen LogP contribution < -0.4 is 14.8 Å². The van der Waals surface area contributed by atoms with Crippen LogP contribution >= 0.6 is 0 Å². The number of benzene rings is 2. The number of nitrogens with one attached hydrogen (secondary N) is 1. The molecule has 0 spiro atoms. The number of imidazole rings is 1. The van der Waals surface area contributed by atoms with Gasteiger partial charge >= 0.3 is 0 Å². The number of nitrogens with zero attached hydrogens (tertiary/aromatic N) is 2. The van der Waals surface area contributed by atoms with E-state index in [1.165, 1.54) is 0 Å². The number of ether oxygens (including phenoxy) is 2. The van der Waals surface area contributed by atoms with Crippen LogP contribution in [0.4, 0.5) is 0 Å². The molecule has 0 saturated heterocycles. The van der Waals surface area contributed by atoms with Gasteiger partial charge in [-0.2, -0.15) is 0 Å². The molecule has 5 heteroatoms. The van der Waals surface area contributed by atoms with Crippen molar-refractivity contribution in [3.05, 3.63) is 77.9 Å². The minimum absolute atomic E-state index is 0.0962. The number of aryl methyl sites for hydroxylation is 1. The zero-order chi connectivity index (χ0) is 17.6. The van der Waals surface area contributed by atoms with Crippen molar-refractivity contribution >= 4 is 0 Å². The van der Waals surface area contributed by atoms with Crippen molar-refractivity contribution in [1.82, 2.24) is 14.9 Å². The number of para-hydroxylation sites is 2. The summed E-state index contributed by atoms with van der Waals surface area (Å²) in [4.78, 5) is 4.54. The van der Waals surface area contributed by atoms with Gasteiger partial charge in [0.25, 0.3) is 0 Å². The van der Waals surface area contributed by atoms with Crippen LogP contribution in [-0.2, 0) is 13.6 Å². The van der Waals surface area contributed by atoms with Crippen molar-refractivity contribution in [3.8, 4) is 11.5 Å². The molecule has 5 nitrogen and oxygen atoms in total. The van der Waals surface area contributed by atoms with Crippen molar-refractivity contribution in [3.63, 3.8) is 0 Å². The highest BCUT2D eigenvalue weighted by Gasteiger charge is 2.21. The van der Waals surface area contributed by atoms with Gasteiger partial charge in [-0.1, -0.05) is 36.4 Å². The molecule has 0 fully saturated rings. The third kappa shape index (κ3) is 3.67. The van der Waals surface area contributed by atoms with E-state index < -0.39 is 0 Å². The summed E-state index contributed by atoms with van der Waals surface area (Å²) in [5.41, 5.74) is 2.15. The third-order valence-corrected chi connectivity index (χ3v) is 4.26. The fraction of sp³-hybridized carbons (Fsp3) is 0.250. The zero-order valence-corrected chi connectivity index (χ0v) is 14.8. The van der Waals surface area contributed by atoms with Crippen LogP contribution in [0.15, 0.2) is 60.9 Å². The Morgan fingerprint density at radius 1 is 1.00 bits per heavy atom. The van der Waals surface area contributed by atoms with Gasteiger partial charge in [0.15, 0.2) is 0 Å². The van der Waals surface area contributed by atoms with Crippen LogP contribution in [0.5, 0.6) is 11.5 Å². The van der Waals surface area contributed by atoms with E-state index in [1.807, 2.05) is 60.4 Å². The monoisotopic (exact) mass is 337 g/mol. The highest BCUT2D eigenvalue weighted by Crippen LogP contribution is 2.29. The second-order valence-electron chi connectivity index (χ2n) is 5.76. The molecule has 0 bridgehead atoms. The van der Waals surface area contributed by atoms with E-state index in [2.05, 4.69) is 22.4 Å². The average molecular weight is 337 g/mol. The normalized spacial score (nSPS) is 12.0. The minimum Gasteiger partial charge on any atom is -0.496 e. The molecule has 130 valence electrons. The van der Waals surface area contributed by atoms with Gasteiger partial charge in [-0.25, -0.2) is 4.98 Å². The topological polar surface area (TPSA) is 48.3 Å². The summed E-state index contributed by atoms with van der Waals surface area (Å²) >= 11 is 0. The third-order valence-electron chi connectivity index (χ3n) is 4.26. The minimum atomic E-state index is -0.0962. The first-order valence-corrected chi connectivity index (χ1v) is 8.20. The van der Waals surface area contributed by atoms with Crippen LogP contribution in [0.2, 0.25) is 0 Å². The Balaban J connectivity index is 1.94. The van der Waals surface area contributed by atoms with Gasteiger partial charge in [-0.3, -0.25) is 5.32 Å². The number of methoxy groups -OCH3 is 2. The average Bonchev–Trinajstić information content (AvgIpc) is 3.08.